The molecular weight excluding hydrogens is 299 g/mol. The third kappa shape index (κ3) is 5.75. The first kappa shape index (κ1) is 11.6. The van der Waals surface area contributed by atoms with E-state index in [0.29, 0.717) is 6.61 Å². The van der Waals surface area contributed by atoms with Crippen LogP contribution >= 0.6 is 30.4 Å². The number of nitrogens with one attached hydrogen (secondary N) is 1. The summed E-state index contributed by atoms with van der Waals surface area (Å²) in [7, 11) is 1.33. The first-order chi connectivity index (χ1) is 6.43. The summed E-state index contributed by atoms with van der Waals surface area (Å²) < 4.78 is 5.02. The highest BCUT2D eigenvalue weighted by Crippen LogP contribution is 2.10. The summed E-state index contributed by atoms with van der Waals surface area (Å²) in [6.45, 7) is 5.79. The van der Waals surface area contributed by atoms with Crippen molar-refractivity contribution in [1.82, 2.24) is 10.2 Å². The second-order valence-electron chi connectivity index (χ2n) is 2.70. The van der Waals surface area contributed by atoms with Crippen molar-refractivity contribution in [3.63, 3.8) is 0 Å². The first-order valence-corrected chi connectivity index (χ1v) is 7.51. The predicted molar refractivity (Wildman–Crippen MR) is 64.6 cm³/mol. The molecular formula is C8H13IN2OS. The molecule has 0 aliphatic carbocycles. The molecule has 1 aliphatic rings. The summed E-state index contributed by atoms with van der Waals surface area (Å²) in [5.74, 6) is 6.07. The molecule has 0 aromatic rings. The predicted octanol–water partition coefficient (Wildman–Crippen LogP) is 0.910. The van der Waals surface area contributed by atoms with Gasteiger partial charge in [0.2, 0.25) is 0 Å². The summed E-state index contributed by atoms with van der Waals surface area (Å²) in [4.78, 5) is 2.35. The van der Waals surface area contributed by atoms with Gasteiger partial charge in [-0.3, -0.25) is 9.08 Å². The van der Waals surface area contributed by atoms with E-state index in [4.69, 9.17) is 4.18 Å². The second-order valence-corrected chi connectivity index (χ2v) is 4.15. The molecule has 0 bridgehead atoms. The van der Waals surface area contributed by atoms with Crippen molar-refractivity contribution in [2.75, 3.05) is 39.3 Å². The molecule has 0 spiro atoms. The maximum absolute atomic E-state index is 5.02. The minimum Gasteiger partial charge on any atom is -0.314 e. The molecule has 0 saturated carbocycles. The molecule has 0 aromatic heterocycles. The Hall–Kier alpha value is 0.520. The van der Waals surface area contributed by atoms with Gasteiger partial charge in [-0.25, -0.2) is 0 Å². The van der Waals surface area contributed by atoms with Gasteiger partial charge >= 0.3 is 0 Å². The number of nitrogens with zero attached hydrogens (tertiary/aromatic N) is 1. The van der Waals surface area contributed by atoms with Crippen LogP contribution in [0.4, 0.5) is 0 Å². The van der Waals surface area contributed by atoms with Crippen LogP contribution in [0.25, 0.3) is 0 Å². The van der Waals surface area contributed by atoms with Crippen molar-refractivity contribution in [3.05, 3.63) is 0 Å². The molecule has 0 unspecified atom stereocenters. The monoisotopic (exact) mass is 312 g/mol. The average Bonchev–Trinajstić information content (AvgIpc) is 2.19. The highest BCUT2D eigenvalue weighted by molar-refractivity contribution is 14.2. The van der Waals surface area contributed by atoms with E-state index in [2.05, 4.69) is 43.3 Å². The molecule has 0 radical (unpaired) electrons. The molecule has 3 nitrogen and oxygen atoms in total. The van der Waals surface area contributed by atoms with E-state index >= 15 is 0 Å². The van der Waals surface area contributed by atoms with Crippen molar-refractivity contribution in [2.45, 2.75) is 0 Å². The lowest BCUT2D eigenvalue weighted by Gasteiger charge is -2.24. The fourth-order valence-electron chi connectivity index (χ4n) is 1.14. The van der Waals surface area contributed by atoms with Gasteiger partial charge in [-0.05, 0) is 0 Å². The van der Waals surface area contributed by atoms with Crippen LogP contribution in [0.5, 0.6) is 0 Å². The van der Waals surface area contributed by atoms with Gasteiger partial charge < -0.3 is 5.32 Å². The molecule has 0 atom stereocenters. The number of hydrogen-bond acceptors (Lipinski definition) is 4. The molecule has 1 saturated heterocycles. The van der Waals surface area contributed by atoms with Gasteiger partial charge in [-0.15, -0.1) is 0 Å². The van der Waals surface area contributed by atoms with Gasteiger partial charge in [0.1, 0.15) is 6.61 Å². The summed E-state index contributed by atoms with van der Waals surface area (Å²) in [6.07, 6.45) is 0. The summed E-state index contributed by atoms with van der Waals surface area (Å²) in [6, 6.07) is 0. The van der Waals surface area contributed by atoms with Crippen LogP contribution in [0.15, 0.2) is 0 Å². The highest BCUT2D eigenvalue weighted by atomic mass is 127. The van der Waals surface area contributed by atoms with E-state index in [1.165, 1.54) is 9.21 Å². The van der Waals surface area contributed by atoms with Gasteiger partial charge in [-0.2, -0.15) is 0 Å². The quantitative estimate of drug-likeness (QED) is 0.362. The van der Waals surface area contributed by atoms with Crippen LogP contribution < -0.4 is 5.32 Å². The van der Waals surface area contributed by atoms with E-state index in [-0.39, 0.29) is 0 Å². The van der Waals surface area contributed by atoms with Crippen LogP contribution in [-0.4, -0.2) is 44.2 Å². The number of hydrogen-bond donors (Lipinski definition) is 1. The van der Waals surface area contributed by atoms with Crippen molar-refractivity contribution >= 4 is 30.4 Å². The summed E-state index contributed by atoms with van der Waals surface area (Å²) in [5, 5.41) is 3.31. The molecule has 1 N–H and O–H groups in total. The minimum absolute atomic E-state index is 0.527. The smallest absolute Gasteiger partial charge is 0.123 e. The van der Waals surface area contributed by atoms with Gasteiger partial charge in [0.15, 0.2) is 0 Å². The van der Waals surface area contributed by atoms with Gasteiger partial charge in [0.05, 0.1) is 15.8 Å². The summed E-state index contributed by atoms with van der Waals surface area (Å²) in [5.41, 5.74) is 0. The molecule has 13 heavy (non-hydrogen) atoms. The maximum atomic E-state index is 5.02. The van der Waals surface area contributed by atoms with Crippen molar-refractivity contribution < 1.29 is 4.18 Å². The van der Waals surface area contributed by atoms with E-state index in [1.54, 1.807) is 0 Å². The SMILES string of the molecule is ISOCC#CCN1CCNCC1. The fourth-order valence-corrected chi connectivity index (χ4v) is 1.62. The van der Waals surface area contributed by atoms with Crippen molar-refractivity contribution in [2.24, 2.45) is 0 Å². The van der Waals surface area contributed by atoms with Gasteiger partial charge in [0.25, 0.3) is 0 Å². The fraction of sp³-hybridized carbons (Fsp3) is 0.750. The molecule has 1 aliphatic heterocycles. The van der Waals surface area contributed by atoms with E-state index in [9.17, 15) is 0 Å². The zero-order valence-corrected chi connectivity index (χ0v) is 10.4. The van der Waals surface area contributed by atoms with Crippen LogP contribution in [-0.2, 0) is 4.18 Å². The Morgan fingerprint density at radius 1 is 1.38 bits per heavy atom. The largest absolute Gasteiger partial charge is 0.314 e. The Morgan fingerprint density at radius 2 is 2.15 bits per heavy atom. The van der Waals surface area contributed by atoms with Crippen LogP contribution in [0.2, 0.25) is 0 Å². The molecule has 1 heterocycles. The summed E-state index contributed by atoms with van der Waals surface area (Å²) >= 11 is 2.09. The highest BCUT2D eigenvalue weighted by Gasteiger charge is 2.06. The zero-order chi connectivity index (χ0) is 9.36. The third-order valence-electron chi connectivity index (χ3n) is 1.81. The second kappa shape index (κ2) is 7.88. The Bertz CT molecular complexity index is 186. The number of piperazine rings is 1. The Labute approximate surface area is 95.8 Å². The Balaban J connectivity index is 2.04. The molecule has 1 rings (SSSR count). The number of halogens is 1. The average molecular weight is 312 g/mol. The van der Waals surface area contributed by atoms with Crippen LogP contribution in [0.1, 0.15) is 0 Å². The maximum Gasteiger partial charge on any atom is 0.123 e. The lowest BCUT2D eigenvalue weighted by Crippen LogP contribution is -2.43. The third-order valence-corrected chi connectivity index (χ3v) is 2.78. The van der Waals surface area contributed by atoms with E-state index < -0.39 is 0 Å². The molecule has 0 aromatic carbocycles. The molecule has 74 valence electrons. The Morgan fingerprint density at radius 3 is 2.85 bits per heavy atom. The van der Waals surface area contributed by atoms with Crippen molar-refractivity contribution in [3.8, 4) is 11.8 Å². The van der Waals surface area contributed by atoms with Crippen molar-refractivity contribution in [1.29, 1.82) is 0 Å². The molecule has 0 amide bonds. The molecule has 1 fully saturated rings. The van der Waals surface area contributed by atoms with Crippen LogP contribution in [0, 0.1) is 11.8 Å². The van der Waals surface area contributed by atoms with Crippen LogP contribution in [0.3, 0.4) is 0 Å². The Kier molecular flexibility index (Phi) is 7.03. The lowest BCUT2D eigenvalue weighted by molar-refractivity contribution is 0.268. The molecule has 5 heteroatoms. The lowest BCUT2D eigenvalue weighted by atomic mass is 10.3. The topological polar surface area (TPSA) is 24.5 Å². The standard InChI is InChI=1S/C8H13IN2OS/c9-13-12-8-2-1-5-11-6-3-10-4-7-11/h10H,3-8H2. The normalized spacial score (nSPS) is 17.9. The number of rotatable bonds is 3. The minimum atomic E-state index is 0.527. The van der Waals surface area contributed by atoms with Gasteiger partial charge in [0, 0.05) is 47.4 Å². The first-order valence-electron chi connectivity index (χ1n) is 4.22. The zero-order valence-electron chi connectivity index (χ0n) is 7.38. The van der Waals surface area contributed by atoms with Gasteiger partial charge in [-0.1, -0.05) is 11.8 Å². The van der Waals surface area contributed by atoms with E-state index in [1.807, 2.05) is 0 Å². The van der Waals surface area contributed by atoms with E-state index in [0.717, 1.165) is 32.7 Å².